The van der Waals surface area contributed by atoms with Crippen molar-refractivity contribution in [3.8, 4) is 10.7 Å². The summed E-state index contributed by atoms with van der Waals surface area (Å²) in [4.78, 5) is 20.9. The van der Waals surface area contributed by atoms with Crippen molar-refractivity contribution < 1.29 is 4.79 Å². The quantitative estimate of drug-likeness (QED) is 0.697. The van der Waals surface area contributed by atoms with E-state index >= 15 is 0 Å². The first-order chi connectivity index (χ1) is 11.7. The van der Waals surface area contributed by atoms with E-state index in [1.807, 2.05) is 23.6 Å². The molecule has 8 heteroatoms. The van der Waals surface area contributed by atoms with Gasteiger partial charge in [0.05, 0.1) is 17.8 Å². The van der Waals surface area contributed by atoms with E-state index in [-0.39, 0.29) is 12.3 Å². The first kappa shape index (κ1) is 16.7. The Morgan fingerprint density at radius 3 is 3.00 bits per heavy atom. The Morgan fingerprint density at radius 2 is 2.21 bits per heavy atom. The Labute approximate surface area is 148 Å². The zero-order valence-corrected chi connectivity index (χ0v) is 14.9. The van der Waals surface area contributed by atoms with Crippen LogP contribution in [-0.4, -0.2) is 26.1 Å². The van der Waals surface area contributed by atoms with Gasteiger partial charge in [-0.15, -0.1) is 21.5 Å². The number of hydrogen-bond acceptors (Lipinski definition) is 7. The molecule has 3 aromatic rings. The van der Waals surface area contributed by atoms with Gasteiger partial charge in [-0.25, -0.2) is 4.98 Å². The molecule has 3 aromatic heterocycles. The van der Waals surface area contributed by atoms with Crippen LogP contribution in [-0.2, 0) is 17.6 Å². The van der Waals surface area contributed by atoms with Crippen molar-refractivity contribution in [2.24, 2.45) is 0 Å². The summed E-state index contributed by atoms with van der Waals surface area (Å²) in [5.41, 5.74) is 1.55. The summed E-state index contributed by atoms with van der Waals surface area (Å²) >= 11 is 2.92. The topological polar surface area (TPSA) is 80.7 Å². The summed E-state index contributed by atoms with van der Waals surface area (Å²) in [6, 6.07) is 5.69. The summed E-state index contributed by atoms with van der Waals surface area (Å²) in [6.07, 6.45) is 5.05. The van der Waals surface area contributed by atoms with Crippen molar-refractivity contribution in [3.63, 3.8) is 0 Å². The smallest absolute Gasteiger partial charge is 0.232 e. The number of carbonyl (C=O) groups is 1. The highest BCUT2D eigenvalue weighted by Gasteiger charge is 2.12. The molecule has 0 aliphatic rings. The first-order valence-corrected chi connectivity index (χ1v) is 9.42. The highest BCUT2D eigenvalue weighted by molar-refractivity contribution is 7.15. The van der Waals surface area contributed by atoms with Crippen LogP contribution in [0.2, 0.25) is 0 Å². The molecule has 0 aliphatic carbocycles. The maximum Gasteiger partial charge on any atom is 0.232 e. The monoisotopic (exact) mass is 359 g/mol. The molecule has 0 aliphatic heterocycles. The zero-order valence-electron chi connectivity index (χ0n) is 13.2. The molecule has 0 saturated heterocycles. The number of thiazole rings is 1. The van der Waals surface area contributed by atoms with Gasteiger partial charge < -0.3 is 5.32 Å². The van der Waals surface area contributed by atoms with E-state index in [9.17, 15) is 4.79 Å². The van der Waals surface area contributed by atoms with Crippen LogP contribution < -0.4 is 5.32 Å². The lowest BCUT2D eigenvalue weighted by atomic mass is 10.3. The third-order valence-corrected chi connectivity index (χ3v) is 5.05. The number of aromatic nitrogens is 4. The van der Waals surface area contributed by atoms with Gasteiger partial charge in [-0.2, -0.15) is 0 Å². The summed E-state index contributed by atoms with van der Waals surface area (Å²) in [5.74, 6) is -0.133. The van der Waals surface area contributed by atoms with Crippen LogP contribution in [0.5, 0.6) is 0 Å². The SMILES string of the molecule is CCCCc1nnc(NC(=O)Cc2csc(-c3ccccn3)n2)s1. The number of pyridine rings is 1. The molecule has 0 atom stereocenters. The predicted octanol–water partition coefficient (Wildman–Crippen LogP) is 3.58. The fourth-order valence-electron chi connectivity index (χ4n) is 2.06. The highest BCUT2D eigenvalue weighted by atomic mass is 32.1. The molecule has 24 heavy (non-hydrogen) atoms. The fraction of sp³-hybridized carbons (Fsp3) is 0.312. The summed E-state index contributed by atoms with van der Waals surface area (Å²) in [6.45, 7) is 2.14. The number of nitrogens with one attached hydrogen (secondary N) is 1. The number of carbonyl (C=O) groups excluding carboxylic acids is 1. The number of rotatable bonds is 7. The standard InChI is InChI=1S/C16H17N5OS2/c1-2-3-7-14-20-21-16(24-14)19-13(22)9-11-10-23-15(18-11)12-6-4-5-8-17-12/h4-6,8,10H,2-3,7,9H2,1H3,(H,19,21,22). The molecule has 0 aromatic carbocycles. The van der Waals surface area contributed by atoms with Crippen molar-refractivity contribution in [1.82, 2.24) is 20.2 Å². The van der Waals surface area contributed by atoms with Crippen LogP contribution in [0.3, 0.4) is 0 Å². The molecule has 0 radical (unpaired) electrons. The van der Waals surface area contributed by atoms with E-state index in [1.54, 1.807) is 6.20 Å². The van der Waals surface area contributed by atoms with Gasteiger partial charge in [0, 0.05) is 18.0 Å². The molecular weight excluding hydrogens is 342 g/mol. The second-order valence-electron chi connectivity index (χ2n) is 5.19. The first-order valence-electron chi connectivity index (χ1n) is 7.72. The lowest BCUT2D eigenvalue weighted by molar-refractivity contribution is -0.115. The number of unbranched alkanes of at least 4 members (excludes halogenated alkanes) is 1. The van der Waals surface area contributed by atoms with Gasteiger partial charge in [0.25, 0.3) is 0 Å². The van der Waals surface area contributed by atoms with Gasteiger partial charge >= 0.3 is 0 Å². The van der Waals surface area contributed by atoms with Crippen molar-refractivity contribution in [2.45, 2.75) is 32.6 Å². The molecule has 0 saturated carbocycles. The molecule has 1 amide bonds. The van der Waals surface area contributed by atoms with Gasteiger partial charge in [0.15, 0.2) is 0 Å². The van der Waals surface area contributed by atoms with Gasteiger partial charge in [-0.05, 0) is 18.6 Å². The molecule has 124 valence electrons. The van der Waals surface area contributed by atoms with Crippen LogP contribution in [0, 0.1) is 0 Å². The molecule has 3 heterocycles. The normalized spacial score (nSPS) is 10.7. The molecule has 0 spiro atoms. The van der Waals surface area contributed by atoms with Gasteiger partial charge in [-0.3, -0.25) is 9.78 Å². The van der Waals surface area contributed by atoms with E-state index in [1.165, 1.54) is 22.7 Å². The Balaban J connectivity index is 1.57. The average molecular weight is 359 g/mol. The minimum absolute atomic E-state index is 0.133. The third-order valence-electron chi connectivity index (χ3n) is 3.23. The van der Waals surface area contributed by atoms with E-state index in [2.05, 4.69) is 32.4 Å². The minimum Gasteiger partial charge on any atom is -0.300 e. The van der Waals surface area contributed by atoms with E-state index in [4.69, 9.17) is 0 Å². The van der Waals surface area contributed by atoms with Gasteiger partial charge in [0.2, 0.25) is 11.0 Å². The van der Waals surface area contributed by atoms with E-state index in [0.29, 0.717) is 5.13 Å². The second kappa shape index (κ2) is 8.07. The predicted molar refractivity (Wildman–Crippen MR) is 96.2 cm³/mol. The lowest BCUT2D eigenvalue weighted by Crippen LogP contribution is -2.14. The van der Waals surface area contributed by atoms with Crippen molar-refractivity contribution in [1.29, 1.82) is 0 Å². The van der Waals surface area contributed by atoms with Crippen LogP contribution in [0.15, 0.2) is 29.8 Å². The van der Waals surface area contributed by atoms with Gasteiger partial charge in [-0.1, -0.05) is 30.7 Å². The number of amides is 1. The number of anilines is 1. The number of hydrogen-bond donors (Lipinski definition) is 1. The van der Waals surface area contributed by atoms with Crippen LogP contribution in [0.1, 0.15) is 30.5 Å². The molecular formula is C16H17N5OS2. The van der Waals surface area contributed by atoms with E-state index < -0.39 is 0 Å². The van der Waals surface area contributed by atoms with E-state index in [0.717, 1.165) is 40.7 Å². The number of aryl methyl sites for hydroxylation is 1. The Hall–Kier alpha value is -2.19. The van der Waals surface area contributed by atoms with Gasteiger partial charge in [0.1, 0.15) is 10.0 Å². The van der Waals surface area contributed by atoms with Crippen LogP contribution in [0.4, 0.5) is 5.13 Å². The van der Waals surface area contributed by atoms with Crippen molar-refractivity contribution in [3.05, 3.63) is 40.5 Å². The van der Waals surface area contributed by atoms with Crippen molar-refractivity contribution in [2.75, 3.05) is 5.32 Å². The van der Waals surface area contributed by atoms with Crippen LogP contribution in [0.25, 0.3) is 10.7 Å². The highest BCUT2D eigenvalue weighted by Crippen LogP contribution is 2.22. The Kier molecular flexibility index (Phi) is 5.60. The zero-order chi connectivity index (χ0) is 16.8. The molecule has 0 bridgehead atoms. The average Bonchev–Trinajstić information content (AvgIpc) is 3.23. The molecule has 0 fully saturated rings. The Morgan fingerprint density at radius 1 is 1.29 bits per heavy atom. The number of nitrogens with zero attached hydrogens (tertiary/aromatic N) is 4. The maximum atomic E-state index is 12.1. The largest absolute Gasteiger partial charge is 0.300 e. The molecule has 6 nitrogen and oxygen atoms in total. The lowest BCUT2D eigenvalue weighted by Gasteiger charge is -1.98. The summed E-state index contributed by atoms with van der Waals surface area (Å²) < 4.78 is 0. The van der Waals surface area contributed by atoms with Crippen molar-refractivity contribution >= 4 is 33.7 Å². The fourth-order valence-corrected chi connectivity index (χ4v) is 3.65. The summed E-state index contributed by atoms with van der Waals surface area (Å²) in [5, 5.41) is 15.1. The maximum absolute atomic E-state index is 12.1. The minimum atomic E-state index is -0.133. The van der Waals surface area contributed by atoms with Crippen LogP contribution >= 0.6 is 22.7 Å². The summed E-state index contributed by atoms with van der Waals surface area (Å²) in [7, 11) is 0. The third kappa shape index (κ3) is 4.42. The Bertz CT molecular complexity index is 800. The molecule has 0 unspecified atom stereocenters. The second-order valence-corrected chi connectivity index (χ2v) is 7.11. The molecule has 1 N–H and O–H groups in total. The molecule has 3 rings (SSSR count).